The van der Waals surface area contributed by atoms with Crippen LogP contribution in [-0.2, 0) is 6.54 Å². The van der Waals surface area contributed by atoms with Gasteiger partial charge in [0.2, 0.25) is 0 Å². The first-order chi connectivity index (χ1) is 6.20. The van der Waals surface area contributed by atoms with Gasteiger partial charge in [0.05, 0.1) is 4.70 Å². The quantitative estimate of drug-likeness (QED) is 0.799. The van der Waals surface area contributed by atoms with Crippen LogP contribution < -0.4 is 0 Å². The molecule has 3 nitrogen and oxygen atoms in total. The summed E-state index contributed by atoms with van der Waals surface area (Å²) < 4.78 is 3.09. The van der Waals surface area contributed by atoms with E-state index < -0.39 is 5.97 Å². The molecule has 0 unspecified atom stereocenters. The Labute approximate surface area is 79.2 Å². The topological polar surface area (TPSA) is 42.2 Å². The lowest BCUT2D eigenvalue weighted by Gasteiger charge is -1.91. The Morgan fingerprint density at radius 3 is 2.92 bits per heavy atom. The normalized spacial score (nSPS) is 10.8. The second-order valence-electron chi connectivity index (χ2n) is 2.82. The Bertz CT molecular complexity index is 424. The van der Waals surface area contributed by atoms with Gasteiger partial charge in [-0.3, -0.25) is 0 Å². The number of rotatable bonds is 2. The van der Waals surface area contributed by atoms with Crippen molar-refractivity contribution in [2.24, 2.45) is 0 Å². The van der Waals surface area contributed by atoms with Crippen LogP contribution in [0.4, 0.5) is 0 Å². The van der Waals surface area contributed by atoms with Crippen LogP contribution in [0.2, 0.25) is 0 Å². The van der Waals surface area contributed by atoms with Crippen LogP contribution in [0.15, 0.2) is 18.5 Å². The van der Waals surface area contributed by atoms with Crippen LogP contribution in [0, 0.1) is 0 Å². The monoisotopic (exact) mass is 195 g/mol. The fraction of sp³-hybridized carbons (Fsp3) is 0.222. The zero-order valence-electron chi connectivity index (χ0n) is 7.15. The number of hydrogen-bond donors (Lipinski definition) is 1. The number of aromatic carboxylic acids is 1. The van der Waals surface area contributed by atoms with Gasteiger partial charge in [0.15, 0.2) is 0 Å². The SMILES string of the molecule is CCn1cc2cc(C(=O)O)sc2c1. The first-order valence-electron chi connectivity index (χ1n) is 4.03. The summed E-state index contributed by atoms with van der Waals surface area (Å²) in [5.74, 6) is -0.843. The molecule has 2 aromatic heterocycles. The number of nitrogens with zero attached hydrogens (tertiary/aromatic N) is 1. The van der Waals surface area contributed by atoms with E-state index in [1.54, 1.807) is 6.07 Å². The molecule has 2 aromatic rings. The number of aryl methyl sites for hydroxylation is 1. The molecule has 0 atom stereocenters. The molecule has 0 spiro atoms. The molecule has 0 aliphatic carbocycles. The van der Waals surface area contributed by atoms with Gasteiger partial charge >= 0.3 is 5.97 Å². The van der Waals surface area contributed by atoms with Crippen molar-refractivity contribution in [3.05, 3.63) is 23.3 Å². The second-order valence-corrected chi connectivity index (χ2v) is 3.91. The van der Waals surface area contributed by atoms with E-state index in [2.05, 4.69) is 6.92 Å². The van der Waals surface area contributed by atoms with Gasteiger partial charge in [-0.25, -0.2) is 4.79 Å². The number of hydrogen-bond acceptors (Lipinski definition) is 2. The molecule has 0 aliphatic rings. The van der Waals surface area contributed by atoms with E-state index >= 15 is 0 Å². The maximum atomic E-state index is 10.6. The number of fused-ring (bicyclic) bond motifs is 1. The summed E-state index contributed by atoms with van der Waals surface area (Å²) in [6, 6.07) is 1.72. The lowest BCUT2D eigenvalue weighted by Crippen LogP contribution is -1.90. The molecule has 68 valence electrons. The summed E-state index contributed by atoms with van der Waals surface area (Å²) in [5, 5.41) is 9.75. The fourth-order valence-corrected chi connectivity index (χ4v) is 2.20. The molecule has 0 saturated heterocycles. The van der Waals surface area contributed by atoms with Gasteiger partial charge in [0.25, 0.3) is 0 Å². The van der Waals surface area contributed by atoms with Crippen LogP contribution in [0.25, 0.3) is 10.1 Å². The minimum Gasteiger partial charge on any atom is -0.477 e. The molecule has 4 heteroatoms. The average Bonchev–Trinajstić information content (AvgIpc) is 2.58. The van der Waals surface area contributed by atoms with Crippen LogP contribution in [0.5, 0.6) is 0 Å². The summed E-state index contributed by atoms with van der Waals surface area (Å²) in [7, 11) is 0. The van der Waals surface area contributed by atoms with Gasteiger partial charge in [-0.15, -0.1) is 11.3 Å². The van der Waals surface area contributed by atoms with Crippen LogP contribution in [0.1, 0.15) is 16.6 Å². The standard InChI is InChI=1S/C9H9NO2S/c1-2-10-4-6-3-7(9(11)12)13-8(6)5-10/h3-5H,2H2,1H3,(H,11,12). The first-order valence-corrected chi connectivity index (χ1v) is 4.85. The Morgan fingerprint density at radius 1 is 1.62 bits per heavy atom. The molecule has 0 fully saturated rings. The molecular formula is C9H9NO2S. The Kier molecular flexibility index (Phi) is 1.84. The minimum atomic E-state index is -0.843. The largest absolute Gasteiger partial charge is 0.477 e. The Morgan fingerprint density at radius 2 is 2.38 bits per heavy atom. The number of carbonyl (C=O) groups is 1. The molecule has 0 amide bonds. The van der Waals surface area contributed by atoms with Gasteiger partial charge in [0.1, 0.15) is 4.88 Å². The number of thiophene rings is 1. The summed E-state index contributed by atoms with van der Waals surface area (Å²) in [6.07, 6.45) is 3.95. The summed E-state index contributed by atoms with van der Waals surface area (Å²) in [6.45, 7) is 2.98. The van der Waals surface area contributed by atoms with E-state index in [0.29, 0.717) is 4.88 Å². The third-order valence-electron chi connectivity index (χ3n) is 1.95. The van der Waals surface area contributed by atoms with Crippen molar-refractivity contribution in [3.63, 3.8) is 0 Å². The number of carboxylic acid groups (broad SMARTS) is 1. The van der Waals surface area contributed by atoms with Crippen molar-refractivity contribution in [2.75, 3.05) is 0 Å². The average molecular weight is 195 g/mol. The van der Waals surface area contributed by atoms with Crippen LogP contribution in [-0.4, -0.2) is 15.6 Å². The number of aromatic nitrogens is 1. The van der Waals surface area contributed by atoms with Crippen molar-refractivity contribution >= 4 is 27.4 Å². The van der Waals surface area contributed by atoms with Crippen molar-refractivity contribution in [1.82, 2.24) is 4.57 Å². The molecule has 13 heavy (non-hydrogen) atoms. The van der Waals surface area contributed by atoms with Crippen LogP contribution >= 0.6 is 11.3 Å². The lowest BCUT2D eigenvalue weighted by atomic mass is 10.4. The fourth-order valence-electron chi connectivity index (χ4n) is 1.28. The predicted octanol–water partition coefficient (Wildman–Crippen LogP) is 2.42. The Hall–Kier alpha value is -1.29. The van der Waals surface area contributed by atoms with E-state index in [0.717, 1.165) is 16.6 Å². The Balaban J connectivity index is 2.54. The van der Waals surface area contributed by atoms with E-state index in [1.807, 2.05) is 17.0 Å². The van der Waals surface area contributed by atoms with E-state index in [1.165, 1.54) is 11.3 Å². The summed E-state index contributed by atoms with van der Waals surface area (Å²) >= 11 is 1.32. The maximum Gasteiger partial charge on any atom is 0.345 e. The first kappa shape index (κ1) is 8.31. The predicted molar refractivity (Wildman–Crippen MR) is 52.4 cm³/mol. The molecule has 0 saturated carbocycles. The molecular weight excluding hydrogens is 186 g/mol. The smallest absolute Gasteiger partial charge is 0.345 e. The summed E-state index contributed by atoms with van der Waals surface area (Å²) in [5.41, 5.74) is 0. The third-order valence-corrected chi connectivity index (χ3v) is 3.03. The zero-order chi connectivity index (χ0) is 9.42. The molecule has 2 rings (SSSR count). The lowest BCUT2D eigenvalue weighted by molar-refractivity contribution is 0.0702. The van der Waals surface area contributed by atoms with Crippen molar-refractivity contribution in [1.29, 1.82) is 0 Å². The zero-order valence-corrected chi connectivity index (χ0v) is 7.97. The second kappa shape index (κ2) is 2.88. The third kappa shape index (κ3) is 1.33. The highest BCUT2D eigenvalue weighted by atomic mass is 32.1. The van der Waals surface area contributed by atoms with Crippen molar-refractivity contribution in [2.45, 2.75) is 13.5 Å². The van der Waals surface area contributed by atoms with E-state index in [-0.39, 0.29) is 0 Å². The van der Waals surface area contributed by atoms with Crippen molar-refractivity contribution < 1.29 is 9.90 Å². The minimum absolute atomic E-state index is 0.410. The molecule has 0 aromatic carbocycles. The highest BCUT2D eigenvalue weighted by Crippen LogP contribution is 2.26. The highest BCUT2D eigenvalue weighted by molar-refractivity contribution is 7.20. The molecule has 0 radical (unpaired) electrons. The van der Waals surface area contributed by atoms with Gasteiger partial charge in [-0.2, -0.15) is 0 Å². The van der Waals surface area contributed by atoms with Gasteiger partial charge in [-0.05, 0) is 13.0 Å². The van der Waals surface area contributed by atoms with E-state index in [4.69, 9.17) is 5.11 Å². The maximum absolute atomic E-state index is 10.6. The molecule has 1 N–H and O–H groups in total. The van der Waals surface area contributed by atoms with Gasteiger partial charge < -0.3 is 9.67 Å². The number of carboxylic acids is 1. The molecule has 2 heterocycles. The van der Waals surface area contributed by atoms with Crippen LogP contribution in [0.3, 0.4) is 0 Å². The van der Waals surface area contributed by atoms with Gasteiger partial charge in [-0.1, -0.05) is 0 Å². The molecule has 0 aliphatic heterocycles. The van der Waals surface area contributed by atoms with Crippen molar-refractivity contribution in [3.8, 4) is 0 Å². The van der Waals surface area contributed by atoms with E-state index in [9.17, 15) is 4.79 Å². The molecule has 0 bridgehead atoms. The highest BCUT2D eigenvalue weighted by Gasteiger charge is 2.09. The summed E-state index contributed by atoms with van der Waals surface area (Å²) in [4.78, 5) is 11.0. The van der Waals surface area contributed by atoms with Gasteiger partial charge in [0, 0.05) is 24.3 Å².